The zero-order valence-electron chi connectivity index (χ0n) is 19.0. The molecule has 0 spiro atoms. The fourth-order valence-corrected chi connectivity index (χ4v) is 6.63. The molecule has 4 atom stereocenters. The Hall–Kier alpha value is -2.15. The maximum Gasteiger partial charge on any atom is 0.250 e. The van der Waals surface area contributed by atoms with Crippen LogP contribution >= 0.6 is 0 Å². The van der Waals surface area contributed by atoms with Gasteiger partial charge in [0.05, 0.1) is 0 Å². The Labute approximate surface area is 190 Å². The number of carbonyl (C=O) groups is 2. The van der Waals surface area contributed by atoms with Crippen molar-refractivity contribution < 1.29 is 9.59 Å². The molecule has 7 heteroatoms. The maximum absolute atomic E-state index is 12.9. The minimum atomic E-state index is 0.000356. The van der Waals surface area contributed by atoms with Gasteiger partial charge in [0.1, 0.15) is 0 Å². The monoisotopic (exact) mass is 440 g/mol. The number of fused-ring (bicyclic) bond motifs is 5. The Morgan fingerprint density at radius 2 is 1.88 bits per heavy atom. The van der Waals surface area contributed by atoms with Crippen LogP contribution in [0.1, 0.15) is 63.0 Å². The molecule has 1 aromatic heterocycles. The molecule has 0 aliphatic carbocycles. The predicted molar refractivity (Wildman–Crippen MR) is 122 cm³/mol. The first-order valence-electron chi connectivity index (χ1n) is 12.6. The summed E-state index contributed by atoms with van der Waals surface area (Å²) in [5.41, 5.74) is 1.11. The van der Waals surface area contributed by atoms with Crippen molar-refractivity contribution >= 4 is 11.8 Å². The number of hydrogen-bond acceptors (Lipinski definition) is 4. The standard InChI is InChI=1S/C25H36N4O3/c30-23(26-14-19-5-4-12-27-11-2-1-6-21(19)27)9-10-24(31)28-15-18-13-20(17-28)22-7-3-8-25(32)29(22)16-18/h3,7-8,18-21H,1-2,4-6,9-17H2,(H,26,30)/t18-,19-,20+,21+/m0/s1. The Balaban J connectivity index is 1.10. The maximum atomic E-state index is 12.9. The molecule has 2 amide bonds. The van der Waals surface area contributed by atoms with E-state index in [0.29, 0.717) is 37.5 Å². The van der Waals surface area contributed by atoms with E-state index in [2.05, 4.69) is 10.2 Å². The summed E-state index contributed by atoms with van der Waals surface area (Å²) in [5, 5.41) is 3.13. The number of carbonyl (C=O) groups excluding carboxylic acids is 2. The van der Waals surface area contributed by atoms with E-state index >= 15 is 0 Å². The molecule has 5 rings (SSSR count). The van der Waals surface area contributed by atoms with Gasteiger partial charge >= 0.3 is 0 Å². The second-order valence-electron chi connectivity index (χ2n) is 10.3. The molecule has 3 fully saturated rings. The number of pyridine rings is 1. The Bertz CT molecular complexity index is 911. The van der Waals surface area contributed by atoms with Gasteiger partial charge in [-0.05, 0) is 63.1 Å². The third-order valence-corrected chi connectivity index (χ3v) is 8.19. The molecule has 5 heterocycles. The summed E-state index contributed by atoms with van der Waals surface area (Å²) >= 11 is 0. The van der Waals surface area contributed by atoms with Crippen LogP contribution in [-0.4, -0.2) is 64.9 Å². The summed E-state index contributed by atoms with van der Waals surface area (Å²) in [6, 6.07) is 6.08. The van der Waals surface area contributed by atoms with Gasteiger partial charge in [-0.1, -0.05) is 12.5 Å². The SMILES string of the molecule is O=C(CCC(=O)N1C[C@@H]2C[C@H](C1)c1cccc(=O)n1C2)NC[C@@H]1CCCN2CCCC[C@H]12. The topological polar surface area (TPSA) is 74.6 Å². The van der Waals surface area contributed by atoms with Crippen LogP contribution in [0, 0.1) is 11.8 Å². The summed E-state index contributed by atoms with van der Waals surface area (Å²) < 4.78 is 1.88. The number of amides is 2. The first-order chi connectivity index (χ1) is 15.6. The molecule has 0 unspecified atom stereocenters. The van der Waals surface area contributed by atoms with E-state index in [1.54, 1.807) is 6.07 Å². The number of aromatic nitrogens is 1. The molecule has 7 nitrogen and oxygen atoms in total. The van der Waals surface area contributed by atoms with Gasteiger partial charge in [-0.2, -0.15) is 0 Å². The van der Waals surface area contributed by atoms with Gasteiger partial charge in [-0.25, -0.2) is 0 Å². The minimum Gasteiger partial charge on any atom is -0.356 e. The molecule has 0 aromatic carbocycles. The van der Waals surface area contributed by atoms with Gasteiger partial charge in [0.25, 0.3) is 5.56 Å². The summed E-state index contributed by atoms with van der Waals surface area (Å²) in [7, 11) is 0. The van der Waals surface area contributed by atoms with Crippen molar-refractivity contribution in [2.45, 2.75) is 69.9 Å². The number of rotatable bonds is 5. The van der Waals surface area contributed by atoms with Crippen LogP contribution in [0.3, 0.4) is 0 Å². The van der Waals surface area contributed by atoms with E-state index < -0.39 is 0 Å². The lowest BCUT2D eigenvalue weighted by Gasteiger charge is -2.44. The van der Waals surface area contributed by atoms with E-state index in [0.717, 1.165) is 18.7 Å². The lowest BCUT2D eigenvalue weighted by molar-refractivity contribution is -0.136. The highest BCUT2D eigenvalue weighted by atomic mass is 16.2. The highest BCUT2D eigenvalue weighted by Gasteiger charge is 2.36. The largest absolute Gasteiger partial charge is 0.356 e. The van der Waals surface area contributed by atoms with Crippen LogP contribution in [0.2, 0.25) is 0 Å². The van der Waals surface area contributed by atoms with Crippen molar-refractivity contribution in [1.82, 2.24) is 19.7 Å². The van der Waals surface area contributed by atoms with Gasteiger partial charge < -0.3 is 19.7 Å². The van der Waals surface area contributed by atoms with Gasteiger partial charge in [-0.3, -0.25) is 14.4 Å². The average Bonchev–Trinajstić information content (AvgIpc) is 2.81. The third-order valence-electron chi connectivity index (χ3n) is 8.19. The zero-order valence-corrected chi connectivity index (χ0v) is 19.0. The normalized spacial score (nSPS) is 29.7. The lowest BCUT2D eigenvalue weighted by Crippen LogP contribution is -2.51. The summed E-state index contributed by atoms with van der Waals surface area (Å²) in [6.45, 7) is 5.20. The van der Waals surface area contributed by atoms with Crippen molar-refractivity contribution in [2.24, 2.45) is 11.8 Å². The second-order valence-corrected chi connectivity index (χ2v) is 10.3. The third kappa shape index (κ3) is 4.49. The Morgan fingerprint density at radius 3 is 2.78 bits per heavy atom. The number of nitrogens with zero attached hydrogens (tertiary/aromatic N) is 3. The Kier molecular flexibility index (Phi) is 6.35. The fourth-order valence-electron chi connectivity index (χ4n) is 6.63. The second kappa shape index (κ2) is 9.38. The molecule has 0 radical (unpaired) electrons. The van der Waals surface area contributed by atoms with Gasteiger partial charge in [-0.15, -0.1) is 0 Å². The molecular weight excluding hydrogens is 404 g/mol. The highest BCUT2D eigenvalue weighted by molar-refractivity contribution is 5.83. The van der Waals surface area contributed by atoms with Crippen LogP contribution in [0.15, 0.2) is 23.0 Å². The van der Waals surface area contributed by atoms with Gasteiger partial charge in [0, 0.05) is 62.7 Å². The Morgan fingerprint density at radius 1 is 1.00 bits per heavy atom. The van der Waals surface area contributed by atoms with Crippen molar-refractivity contribution in [2.75, 3.05) is 32.7 Å². The van der Waals surface area contributed by atoms with E-state index in [1.807, 2.05) is 21.6 Å². The van der Waals surface area contributed by atoms with Crippen molar-refractivity contribution in [3.05, 3.63) is 34.2 Å². The summed E-state index contributed by atoms with van der Waals surface area (Å²) in [6.07, 6.45) is 7.85. The number of hydrogen-bond donors (Lipinski definition) is 1. The quantitative estimate of drug-likeness (QED) is 0.760. The smallest absolute Gasteiger partial charge is 0.250 e. The van der Waals surface area contributed by atoms with Crippen LogP contribution < -0.4 is 10.9 Å². The molecule has 32 heavy (non-hydrogen) atoms. The molecule has 1 N–H and O–H groups in total. The van der Waals surface area contributed by atoms with Crippen molar-refractivity contribution in [3.63, 3.8) is 0 Å². The number of nitrogens with one attached hydrogen (secondary N) is 1. The first kappa shape index (κ1) is 21.7. The molecule has 4 aliphatic rings. The van der Waals surface area contributed by atoms with Crippen LogP contribution in [0.4, 0.5) is 0 Å². The molecule has 174 valence electrons. The average molecular weight is 441 g/mol. The molecular formula is C25H36N4O3. The molecule has 1 aromatic rings. The molecule has 3 saturated heterocycles. The van der Waals surface area contributed by atoms with E-state index in [4.69, 9.17) is 0 Å². The number of piperidine rings is 3. The number of likely N-dealkylation sites (tertiary alicyclic amines) is 1. The van der Waals surface area contributed by atoms with Crippen molar-refractivity contribution in [3.8, 4) is 0 Å². The van der Waals surface area contributed by atoms with Crippen LogP contribution in [-0.2, 0) is 16.1 Å². The van der Waals surface area contributed by atoms with Crippen LogP contribution in [0.25, 0.3) is 0 Å². The molecule has 0 saturated carbocycles. The van der Waals surface area contributed by atoms with Crippen LogP contribution in [0.5, 0.6) is 0 Å². The minimum absolute atomic E-state index is 0.000356. The van der Waals surface area contributed by atoms with Crippen molar-refractivity contribution in [1.29, 1.82) is 0 Å². The van der Waals surface area contributed by atoms with E-state index in [9.17, 15) is 14.4 Å². The fraction of sp³-hybridized carbons (Fsp3) is 0.720. The predicted octanol–water partition coefficient (Wildman–Crippen LogP) is 1.95. The molecule has 2 bridgehead atoms. The van der Waals surface area contributed by atoms with Gasteiger partial charge in [0.2, 0.25) is 11.8 Å². The summed E-state index contributed by atoms with van der Waals surface area (Å²) in [5.74, 6) is 1.16. The van der Waals surface area contributed by atoms with Gasteiger partial charge in [0.15, 0.2) is 0 Å². The van der Waals surface area contributed by atoms with E-state index in [-0.39, 0.29) is 36.1 Å². The lowest BCUT2D eigenvalue weighted by atomic mass is 9.83. The first-order valence-corrected chi connectivity index (χ1v) is 12.6. The molecule has 4 aliphatic heterocycles. The van der Waals surface area contributed by atoms with E-state index in [1.165, 1.54) is 45.2 Å². The summed E-state index contributed by atoms with van der Waals surface area (Å²) in [4.78, 5) is 42.1. The zero-order chi connectivity index (χ0) is 22.1. The highest BCUT2D eigenvalue weighted by Crippen LogP contribution is 2.35.